The molecular weight excluding hydrogens is 677 g/mol. The summed E-state index contributed by atoms with van der Waals surface area (Å²) in [7, 11) is -2.65. The topological polar surface area (TPSA) is 120 Å². The fourth-order valence-electron chi connectivity index (χ4n) is 5.50. The molecule has 304 valence electrons. The second kappa shape index (κ2) is 38.9. The van der Waals surface area contributed by atoms with Crippen LogP contribution in [0, 0.1) is 0 Å². The summed E-state index contributed by atoms with van der Waals surface area (Å²) in [5.74, 6) is -0.823. The molecule has 0 saturated heterocycles. The maximum atomic E-state index is 12.6. The number of phosphoric acid groups is 1. The highest BCUT2D eigenvalue weighted by Gasteiger charge is 2.26. The minimum atomic E-state index is -4.35. The summed E-state index contributed by atoms with van der Waals surface area (Å²) >= 11 is 0. The molecule has 0 saturated carbocycles. The van der Waals surface area contributed by atoms with Gasteiger partial charge in [0.1, 0.15) is 6.61 Å². The van der Waals surface area contributed by atoms with Crippen molar-refractivity contribution in [3.8, 4) is 0 Å². The van der Waals surface area contributed by atoms with Crippen molar-refractivity contribution in [2.75, 3.05) is 33.4 Å². The highest BCUT2D eigenvalue weighted by molar-refractivity contribution is 7.47. The van der Waals surface area contributed by atoms with Crippen molar-refractivity contribution in [1.82, 2.24) is 5.32 Å². The van der Waals surface area contributed by atoms with Crippen LogP contribution in [0.25, 0.3) is 0 Å². The summed E-state index contributed by atoms with van der Waals surface area (Å²) in [5, 5.41) is 2.82. The number of unbranched alkanes of at least 4 members (excludes halogenated alkanes) is 19. The zero-order valence-electron chi connectivity index (χ0n) is 33.5. The molecule has 2 N–H and O–H groups in total. The second-order valence-electron chi connectivity index (χ2n) is 13.8. The maximum Gasteiger partial charge on any atom is 0.472 e. The fourth-order valence-corrected chi connectivity index (χ4v) is 6.26. The summed E-state index contributed by atoms with van der Waals surface area (Å²) in [5.41, 5.74) is 0. The first kappa shape index (κ1) is 50.2. The molecule has 0 aromatic heterocycles. The van der Waals surface area contributed by atoms with E-state index < -0.39 is 26.5 Å². The van der Waals surface area contributed by atoms with Gasteiger partial charge in [-0.2, -0.15) is 0 Å². The molecule has 0 aliphatic rings. The van der Waals surface area contributed by atoms with Crippen molar-refractivity contribution < 1.29 is 37.6 Å². The van der Waals surface area contributed by atoms with E-state index in [2.05, 4.69) is 55.6 Å². The van der Waals surface area contributed by atoms with Gasteiger partial charge in [-0.05, 0) is 71.3 Å². The van der Waals surface area contributed by atoms with Gasteiger partial charge < -0.3 is 19.7 Å². The number of nitrogens with one attached hydrogen (secondary N) is 1. The first-order valence-electron chi connectivity index (χ1n) is 20.9. The minimum Gasteiger partial charge on any atom is -0.462 e. The third-order valence-electron chi connectivity index (χ3n) is 8.73. The van der Waals surface area contributed by atoms with E-state index in [0.717, 1.165) is 64.2 Å². The normalized spacial score (nSPS) is 13.7. The lowest BCUT2D eigenvalue weighted by Crippen LogP contribution is -2.29. The lowest BCUT2D eigenvalue weighted by Gasteiger charge is -2.20. The SMILES string of the molecule is CCCC/C=C\CCCCCCCC(=O)OC(COC(=O)CCCCCCCCCCC/C=C\C/C=C\CCCCC)COP(=O)(O)OCCNC. The van der Waals surface area contributed by atoms with Gasteiger partial charge in [-0.15, -0.1) is 0 Å². The van der Waals surface area contributed by atoms with E-state index in [-0.39, 0.29) is 32.0 Å². The summed E-state index contributed by atoms with van der Waals surface area (Å²) in [6.07, 6.45) is 40.4. The van der Waals surface area contributed by atoms with E-state index in [4.69, 9.17) is 18.5 Å². The Bertz CT molecular complexity index is 954. The number of rotatable bonds is 39. The summed E-state index contributed by atoms with van der Waals surface area (Å²) in [6, 6.07) is 0. The molecule has 0 aliphatic heterocycles. The summed E-state index contributed by atoms with van der Waals surface area (Å²) in [6.45, 7) is 4.14. The Balaban J connectivity index is 4.19. The Morgan fingerprint density at radius 2 is 1.06 bits per heavy atom. The summed E-state index contributed by atoms with van der Waals surface area (Å²) in [4.78, 5) is 34.9. The number of hydrogen-bond donors (Lipinski definition) is 2. The number of likely N-dealkylation sites (N-methyl/N-ethyl adjacent to an activating group) is 1. The molecular formula is C42H78NO8P. The molecule has 0 heterocycles. The molecule has 0 aromatic carbocycles. The average Bonchev–Trinajstić information content (AvgIpc) is 3.12. The molecule has 52 heavy (non-hydrogen) atoms. The van der Waals surface area contributed by atoms with Crippen LogP contribution in [0.4, 0.5) is 0 Å². The molecule has 9 nitrogen and oxygen atoms in total. The van der Waals surface area contributed by atoms with Gasteiger partial charge in [0.25, 0.3) is 0 Å². The predicted molar refractivity (Wildman–Crippen MR) is 215 cm³/mol. The Kier molecular flexibility index (Phi) is 37.6. The van der Waals surface area contributed by atoms with Crippen molar-refractivity contribution in [3.05, 3.63) is 36.5 Å². The monoisotopic (exact) mass is 756 g/mol. The van der Waals surface area contributed by atoms with Crippen molar-refractivity contribution in [2.24, 2.45) is 0 Å². The van der Waals surface area contributed by atoms with Crippen LogP contribution in [0.2, 0.25) is 0 Å². The molecule has 0 radical (unpaired) electrons. The van der Waals surface area contributed by atoms with E-state index in [9.17, 15) is 19.0 Å². The number of phosphoric ester groups is 1. The third kappa shape index (κ3) is 38.0. The number of ether oxygens (including phenoxy) is 2. The van der Waals surface area contributed by atoms with Crippen molar-refractivity contribution in [2.45, 2.75) is 187 Å². The van der Waals surface area contributed by atoms with Crippen LogP contribution in [-0.4, -0.2) is 56.3 Å². The number of allylic oxidation sites excluding steroid dienone is 6. The van der Waals surface area contributed by atoms with Gasteiger partial charge in [0.15, 0.2) is 6.10 Å². The molecule has 0 bridgehead atoms. The van der Waals surface area contributed by atoms with Gasteiger partial charge in [0.2, 0.25) is 0 Å². The molecule has 0 amide bonds. The van der Waals surface area contributed by atoms with Crippen LogP contribution >= 0.6 is 7.82 Å². The maximum absolute atomic E-state index is 12.6. The highest BCUT2D eigenvalue weighted by atomic mass is 31.2. The number of carbonyl (C=O) groups excluding carboxylic acids is 2. The van der Waals surface area contributed by atoms with E-state index in [1.165, 1.54) is 83.5 Å². The zero-order chi connectivity index (χ0) is 38.2. The Morgan fingerprint density at radius 3 is 1.60 bits per heavy atom. The van der Waals surface area contributed by atoms with E-state index >= 15 is 0 Å². The Morgan fingerprint density at radius 1 is 0.596 bits per heavy atom. The molecule has 2 unspecified atom stereocenters. The summed E-state index contributed by atoms with van der Waals surface area (Å²) < 4.78 is 33.1. The standard InChI is InChI=1S/C42H78NO8P/c1-4-6-8-10-12-14-16-17-18-19-20-21-22-23-25-26-28-30-32-34-41(44)48-38-40(39-50-52(46,47)49-37-36-43-3)51-42(45)35-33-31-29-27-24-15-13-11-9-7-5-2/h11-14,17-18,40,43H,4-10,15-16,19-39H2,1-3H3,(H,46,47)/b13-11-,14-12-,18-17-. The lowest BCUT2D eigenvalue weighted by atomic mass is 10.1. The molecule has 10 heteroatoms. The molecule has 0 rings (SSSR count). The van der Waals surface area contributed by atoms with Crippen LogP contribution < -0.4 is 5.32 Å². The van der Waals surface area contributed by atoms with Crippen LogP contribution in [0.3, 0.4) is 0 Å². The van der Waals surface area contributed by atoms with Gasteiger partial charge >= 0.3 is 19.8 Å². The Hall–Kier alpha value is -1.77. The second-order valence-corrected chi connectivity index (χ2v) is 15.3. The molecule has 0 aromatic rings. The van der Waals surface area contributed by atoms with Crippen molar-refractivity contribution in [1.29, 1.82) is 0 Å². The number of esters is 2. The predicted octanol–water partition coefficient (Wildman–Crippen LogP) is 11.6. The largest absolute Gasteiger partial charge is 0.472 e. The molecule has 2 atom stereocenters. The van der Waals surface area contributed by atoms with E-state index in [1.807, 2.05) is 0 Å². The van der Waals surface area contributed by atoms with Gasteiger partial charge in [-0.25, -0.2) is 4.57 Å². The third-order valence-corrected chi connectivity index (χ3v) is 9.72. The minimum absolute atomic E-state index is 0.0194. The van der Waals surface area contributed by atoms with Gasteiger partial charge in [-0.1, -0.05) is 140 Å². The van der Waals surface area contributed by atoms with Crippen LogP contribution in [0.15, 0.2) is 36.5 Å². The zero-order valence-corrected chi connectivity index (χ0v) is 34.4. The number of carbonyl (C=O) groups is 2. The fraction of sp³-hybridized carbons (Fsp3) is 0.810. The van der Waals surface area contributed by atoms with Crippen LogP contribution in [-0.2, 0) is 32.7 Å². The highest BCUT2D eigenvalue weighted by Crippen LogP contribution is 2.43. The van der Waals surface area contributed by atoms with Crippen LogP contribution in [0.1, 0.15) is 181 Å². The smallest absolute Gasteiger partial charge is 0.462 e. The van der Waals surface area contributed by atoms with Gasteiger partial charge in [0.05, 0.1) is 13.2 Å². The Labute approximate surface area is 318 Å². The quantitative estimate of drug-likeness (QED) is 0.0273. The van der Waals surface area contributed by atoms with Gasteiger partial charge in [0, 0.05) is 19.4 Å². The first-order chi connectivity index (χ1) is 25.3. The van der Waals surface area contributed by atoms with Crippen molar-refractivity contribution in [3.63, 3.8) is 0 Å². The molecule has 0 spiro atoms. The van der Waals surface area contributed by atoms with E-state index in [1.54, 1.807) is 7.05 Å². The van der Waals surface area contributed by atoms with Crippen molar-refractivity contribution >= 4 is 19.8 Å². The number of hydrogen-bond acceptors (Lipinski definition) is 8. The first-order valence-corrected chi connectivity index (χ1v) is 22.4. The van der Waals surface area contributed by atoms with E-state index in [0.29, 0.717) is 13.0 Å². The average molecular weight is 756 g/mol. The lowest BCUT2D eigenvalue weighted by molar-refractivity contribution is -0.161. The van der Waals surface area contributed by atoms with Crippen LogP contribution in [0.5, 0.6) is 0 Å². The molecule has 0 aliphatic carbocycles. The molecule has 0 fully saturated rings. The van der Waals surface area contributed by atoms with Gasteiger partial charge in [-0.3, -0.25) is 18.6 Å².